The topological polar surface area (TPSA) is 98.8 Å². The summed E-state index contributed by atoms with van der Waals surface area (Å²) in [4.78, 5) is 29.2. The summed E-state index contributed by atoms with van der Waals surface area (Å²) in [5, 5.41) is 6.12. The quantitative estimate of drug-likeness (QED) is 0.649. The lowest BCUT2D eigenvalue weighted by Gasteiger charge is -2.30. The van der Waals surface area contributed by atoms with E-state index in [0.29, 0.717) is 35.3 Å². The number of sulfonamides is 1. The van der Waals surface area contributed by atoms with Crippen LogP contribution < -0.4 is 10.6 Å². The molecule has 33 heavy (non-hydrogen) atoms. The summed E-state index contributed by atoms with van der Waals surface area (Å²) >= 11 is 1.44. The van der Waals surface area contributed by atoms with Gasteiger partial charge in [-0.2, -0.15) is 4.31 Å². The molecule has 2 aliphatic rings. The zero-order chi connectivity index (χ0) is 23.8. The Balaban J connectivity index is 1.56. The van der Waals surface area contributed by atoms with Crippen LogP contribution in [0.25, 0.3) is 0 Å². The molecule has 1 saturated heterocycles. The van der Waals surface area contributed by atoms with Crippen LogP contribution in [0, 0.1) is 0 Å². The summed E-state index contributed by atoms with van der Waals surface area (Å²) in [6.07, 6.45) is 2.49. The molecular formula is C23H30N4O4S2. The smallest absolute Gasteiger partial charge is 0.256 e. The average molecular weight is 491 g/mol. The Morgan fingerprint density at radius 2 is 1.70 bits per heavy atom. The van der Waals surface area contributed by atoms with E-state index in [1.54, 1.807) is 7.05 Å². The lowest BCUT2D eigenvalue weighted by molar-refractivity contribution is 0.0962. The first-order valence-corrected chi connectivity index (χ1v) is 13.5. The van der Waals surface area contributed by atoms with E-state index in [9.17, 15) is 18.0 Å². The first-order valence-electron chi connectivity index (χ1n) is 11.2. The van der Waals surface area contributed by atoms with Crippen LogP contribution in [-0.2, 0) is 23.0 Å². The minimum absolute atomic E-state index is 0.187. The number of nitrogens with zero attached hydrogens (tertiary/aromatic N) is 2. The summed E-state index contributed by atoms with van der Waals surface area (Å²) in [5.41, 5.74) is 1.87. The molecule has 1 aromatic heterocycles. The summed E-state index contributed by atoms with van der Waals surface area (Å²) < 4.78 is 26.9. The number of anilines is 1. The standard InChI is InChI=1S/C23H30N4O4S2/c1-15(2)26-13-10-18-19(14-26)32-23(20(18)22(29)24-3)25-21(28)16-6-8-17(9-7-16)33(30,31)27-11-4-5-12-27/h6-9,15H,4-5,10-14H2,1-3H3,(H,24,29)(H,25,28). The molecule has 1 aromatic carbocycles. The first kappa shape index (κ1) is 23.9. The van der Waals surface area contributed by atoms with E-state index in [2.05, 4.69) is 29.4 Å². The fourth-order valence-corrected chi connectivity index (χ4v) is 7.13. The Kier molecular flexibility index (Phi) is 6.90. The van der Waals surface area contributed by atoms with Crippen LogP contribution in [0.5, 0.6) is 0 Å². The third-order valence-corrected chi connectivity index (χ3v) is 9.36. The summed E-state index contributed by atoms with van der Waals surface area (Å²) in [6.45, 7) is 6.98. The van der Waals surface area contributed by atoms with Crippen molar-refractivity contribution in [2.24, 2.45) is 0 Å². The molecule has 10 heteroatoms. The number of nitrogens with one attached hydrogen (secondary N) is 2. The van der Waals surface area contributed by atoms with Crippen molar-refractivity contribution in [1.29, 1.82) is 0 Å². The molecule has 4 rings (SSSR count). The van der Waals surface area contributed by atoms with Gasteiger partial charge in [0, 0.05) is 49.7 Å². The Labute approximate surface area is 199 Å². The van der Waals surface area contributed by atoms with E-state index in [0.717, 1.165) is 42.8 Å². The fraction of sp³-hybridized carbons (Fsp3) is 0.478. The van der Waals surface area contributed by atoms with Gasteiger partial charge >= 0.3 is 0 Å². The van der Waals surface area contributed by atoms with E-state index in [4.69, 9.17) is 0 Å². The van der Waals surface area contributed by atoms with Gasteiger partial charge in [-0.15, -0.1) is 11.3 Å². The molecule has 0 radical (unpaired) electrons. The summed E-state index contributed by atoms with van der Waals surface area (Å²) in [6, 6.07) is 6.39. The summed E-state index contributed by atoms with van der Waals surface area (Å²) in [5.74, 6) is -0.586. The summed E-state index contributed by atoms with van der Waals surface area (Å²) in [7, 11) is -1.95. The molecule has 2 N–H and O–H groups in total. The number of hydrogen-bond acceptors (Lipinski definition) is 6. The number of amides is 2. The van der Waals surface area contributed by atoms with Crippen molar-refractivity contribution >= 4 is 38.2 Å². The molecule has 2 aromatic rings. The monoisotopic (exact) mass is 490 g/mol. The second-order valence-corrected chi connectivity index (χ2v) is 11.7. The van der Waals surface area contributed by atoms with E-state index in [1.807, 2.05) is 0 Å². The molecule has 0 saturated carbocycles. The van der Waals surface area contributed by atoms with Crippen LogP contribution >= 0.6 is 11.3 Å². The predicted molar refractivity (Wildman–Crippen MR) is 129 cm³/mol. The van der Waals surface area contributed by atoms with Gasteiger partial charge in [0.25, 0.3) is 11.8 Å². The van der Waals surface area contributed by atoms with Crippen LogP contribution in [0.4, 0.5) is 5.00 Å². The van der Waals surface area contributed by atoms with Crippen LogP contribution in [0.1, 0.15) is 57.8 Å². The van der Waals surface area contributed by atoms with Crippen molar-refractivity contribution in [2.75, 3.05) is 32.0 Å². The highest BCUT2D eigenvalue weighted by molar-refractivity contribution is 7.89. The maximum atomic E-state index is 13.0. The van der Waals surface area contributed by atoms with Gasteiger partial charge in [0.2, 0.25) is 10.0 Å². The zero-order valence-corrected chi connectivity index (χ0v) is 20.8. The van der Waals surface area contributed by atoms with Crippen LogP contribution in [0.15, 0.2) is 29.2 Å². The van der Waals surface area contributed by atoms with E-state index in [1.165, 1.54) is 39.9 Å². The van der Waals surface area contributed by atoms with Gasteiger partial charge in [-0.1, -0.05) is 0 Å². The maximum Gasteiger partial charge on any atom is 0.256 e. The SMILES string of the molecule is CNC(=O)c1c(NC(=O)c2ccc(S(=O)(=O)N3CCCC3)cc2)sc2c1CCN(C(C)C)C2. The lowest BCUT2D eigenvalue weighted by atomic mass is 10.0. The first-order chi connectivity index (χ1) is 15.7. The number of carbonyl (C=O) groups excluding carboxylic acids is 2. The van der Waals surface area contributed by atoms with Gasteiger partial charge in [0.15, 0.2) is 0 Å². The van der Waals surface area contributed by atoms with Crippen LogP contribution in [0.3, 0.4) is 0 Å². The Morgan fingerprint density at radius 1 is 1.03 bits per heavy atom. The Morgan fingerprint density at radius 3 is 2.30 bits per heavy atom. The number of rotatable bonds is 6. The third kappa shape index (κ3) is 4.70. The van der Waals surface area contributed by atoms with E-state index in [-0.39, 0.29) is 16.7 Å². The van der Waals surface area contributed by atoms with Crippen molar-refractivity contribution in [3.05, 3.63) is 45.8 Å². The third-order valence-electron chi connectivity index (χ3n) is 6.32. The molecule has 8 nitrogen and oxygen atoms in total. The number of thiophene rings is 1. The molecule has 0 unspecified atom stereocenters. The van der Waals surface area contributed by atoms with Crippen LogP contribution in [-0.4, -0.2) is 62.2 Å². The lowest BCUT2D eigenvalue weighted by Crippen LogP contribution is -2.35. The van der Waals surface area contributed by atoms with Gasteiger partial charge in [0.1, 0.15) is 5.00 Å². The molecule has 3 heterocycles. The molecule has 0 aliphatic carbocycles. The van der Waals surface area contributed by atoms with Crippen molar-refractivity contribution in [3.63, 3.8) is 0 Å². The average Bonchev–Trinajstić information content (AvgIpc) is 3.46. The number of benzene rings is 1. The van der Waals surface area contributed by atoms with E-state index >= 15 is 0 Å². The van der Waals surface area contributed by atoms with Crippen molar-refractivity contribution in [2.45, 2.75) is 50.6 Å². The second-order valence-electron chi connectivity index (χ2n) is 8.69. The minimum atomic E-state index is -3.53. The molecule has 1 fully saturated rings. The molecule has 178 valence electrons. The molecule has 2 amide bonds. The Hall–Kier alpha value is -2.27. The Bertz CT molecular complexity index is 1150. The zero-order valence-electron chi connectivity index (χ0n) is 19.2. The number of hydrogen-bond donors (Lipinski definition) is 2. The highest BCUT2D eigenvalue weighted by Gasteiger charge is 2.30. The van der Waals surface area contributed by atoms with Gasteiger partial charge in [0.05, 0.1) is 10.5 Å². The predicted octanol–water partition coefficient (Wildman–Crippen LogP) is 2.91. The largest absolute Gasteiger partial charge is 0.355 e. The number of fused-ring (bicyclic) bond motifs is 1. The molecule has 0 bridgehead atoms. The highest BCUT2D eigenvalue weighted by Crippen LogP contribution is 2.38. The van der Waals surface area contributed by atoms with Gasteiger partial charge in [-0.25, -0.2) is 8.42 Å². The van der Waals surface area contributed by atoms with Gasteiger partial charge < -0.3 is 10.6 Å². The highest BCUT2D eigenvalue weighted by atomic mass is 32.2. The van der Waals surface area contributed by atoms with Crippen LogP contribution in [0.2, 0.25) is 0 Å². The fourth-order valence-electron chi connectivity index (χ4n) is 4.35. The van der Waals surface area contributed by atoms with Crippen molar-refractivity contribution in [1.82, 2.24) is 14.5 Å². The molecular weight excluding hydrogens is 460 g/mol. The number of carbonyl (C=O) groups is 2. The van der Waals surface area contributed by atoms with E-state index < -0.39 is 10.0 Å². The molecule has 0 atom stereocenters. The molecule has 2 aliphatic heterocycles. The van der Waals surface area contributed by atoms with Gasteiger partial charge in [-0.05, 0) is 62.9 Å². The second kappa shape index (κ2) is 9.54. The van der Waals surface area contributed by atoms with Crippen molar-refractivity contribution < 1.29 is 18.0 Å². The maximum absolute atomic E-state index is 13.0. The normalized spacial score (nSPS) is 17.2. The minimum Gasteiger partial charge on any atom is -0.355 e. The molecule has 0 spiro atoms. The van der Waals surface area contributed by atoms with Gasteiger partial charge in [-0.3, -0.25) is 14.5 Å². The van der Waals surface area contributed by atoms with Crippen molar-refractivity contribution in [3.8, 4) is 0 Å².